The zero-order valence-electron chi connectivity index (χ0n) is 10.9. The van der Waals surface area contributed by atoms with Crippen molar-refractivity contribution < 1.29 is 20.0 Å². The summed E-state index contributed by atoms with van der Waals surface area (Å²) in [5, 5.41) is 18.9. The summed E-state index contributed by atoms with van der Waals surface area (Å²) in [4.78, 5) is 24.4. The summed E-state index contributed by atoms with van der Waals surface area (Å²) in [5.41, 5.74) is 1.48. The van der Waals surface area contributed by atoms with E-state index >= 15 is 0 Å². The van der Waals surface area contributed by atoms with Gasteiger partial charge in [-0.2, -0.15) is 5.23 Å². The predicted molar refractivity (Wildman–Crippen MR) is 75.3 cm³/mol. The molecule has 0 aliphatic heterocycles. The third kappa shape index (κ3) is 2.30. The number of hydrogen-bond acceptors (Lipinski definition) is 4. The summed E-state index contributed by atoms with van der Waals surface area (Å²) in [6, 6.07) is 12.8. The van der Waals surface area contributed by atoms with Gasteiger partial charge in [-0.25, -0.2) is 5.21 Å². The molecule has 0 aromatic heterocycles. The first-order chi connectivity index (χ1) is 10.1. The fourth-order valence-corrected chi connectivity index (χ4v) is 2.33. The molecule has 1 unspecified atom stereocenters. The number of carbonyl (C=O) groups excluding carboxylic acids is 2. The van der Waals surface area contributed by atoms with Gasteiger partial charge in [0.2, 0.25) is 0 Å². The van der Waals surface area contributed by atoms with Crippen molar-refractivity contribution in [1.82, 2.24) is 0 Å². The molecule has 0 spiro atoms. The van der Waals surface area contributed by atoms with Crippen LogP contribution in [0.25, 0.3) is 6.08 Å². The quantitative estimate of drug-likeness (QED) is 0.497. The molecule has 5 heteroatoms. The zero-order valence-corrected chi connectivity index (χ0v) is 10.9. The van der Waals surface area contributed by atoms with Crippen molar-refractivity contribution in [2.75, 3.05) is 0 Å². The maximum Gasteiger partial charge on any atom is 0.197 e. The number of carbonyl (C=O) groups is 2. The predicted octanol–water partition coefficient (Wildman–Crippen LogP) is 1.55. The first-order valence-corrected chi connectivity index (χ1v) is 6.31. The van der Waals surface area contributed by atoms with E-state index in [1.54, 1.807) is 36.4 Å². The molecule has 0 amide bonds. The SMILES string of the molecule is O=C1C(=Cc2cccc([NH+]([O-])O)c2)C(=O)c2ccccc21. The minimum absolute atomic E-state index is 0.0683. The Morgan fingerprint density at radius 1 is 0.952 bits per heavy atom. The maximum atomic E-state index is 12.2. The lowest BCUT2D eigenvalue weighted by molar-refractivity contribution is -0.991. The van der Waals surface area contributed by atoms with Gasteiger partial charge >= 0.3 is 0 Å². The zero-order chi connectivity index (χ0) is 15.0. The van der Waals surface area contributed by atoms with E-state index in [0.717, 1.165) is 0 Å². The van der Waals surface area contributed by atoms with Gasteiger partial charge in [0.15, 0.2) is 17.3 Å². The first-order valence-electron chi connectivity index (χ1n) is 6.31. The van der Waals surface area contributed by atoms with Crippen molar-refractivity contribution in [3.8, 4) is 0 Å². The van der Waals surface area contributed by atoms with Gasteiger partial charge in [-0.1, -0.05) is 36.4 Å². The number of benzene rings is 2. The Labute approximate surface area is 120 Å². The van der Waals surface area contributed by atoms with E-state index < -0.39 is 5.23 Å². The van der Waals surface area contributed by atoms with Crippen molar-refractivity contribution >= 4 is 23.3 Å². The molecule has 0 saturated heterocycles. The van der Waals surface area contributed by atoms with E-state index in [0.29, 0.717) is 16.7 Å². The van der Waals surface area contributed by atoms with Crippen LogP contribution in [0.5, 0.6) is 0 Å². The van der Waals surface area contributed by atoms with Gasteiger partial charge in [0.1, 0.15) is 0 Å². The number of ketones is 2. The highest BCUT2D eigenvalue weighted by atomic mass is 16.8. The van der Waals surface area contributed by atoms with Crippen molar-refractivity contribution in [2.45, 2.75) is 0 Å². The molecule has 0 saturated carbocycles. The summed E-state index contributed by atoms with van der Waals surface area (Å²) in [5.74, 6) is -0.646. The van der Waals surface area contributed by atoms with Gasteiger partial charge < -0.3 is 5.21 Å². The van der Waals surface area contributed by atoms with Crippen LogP contribution in [-0.2, 0) is 0 Å². The maximum absolute atomic E-state index is 12.2. The topological polar surface area (TPSA) is 81.9 Å². The number of fused-ring (bicyclic) bond motifs is 1. The minimum Gasteiger partial charge on any atom is -0.595 e. The van der Waals surface area contributed by atoms with Crippen molar-refractivity contribution in [2.24, 2.45) is 0 Å². The van der Waals surface area contributed by atoms with Gasteiger partial charge in [0.25, 0.3) is 0 Å². The molecule has 2 N–H and O–H groups in total. The van der Waals surface area contributed by atoms with E-state index in [1.807, 2.05) is 0 Å². The number of nitrogens with one attached hydrogen (secondary N) is 1. The van der Waals surface area contributed by atoms with Crippen LogP contribution >= 0.6 is 0 Å². The largest absolute Gasteiger partial charge is 0.595 e. The molecule has 0 heterocycles. The van der Waals surface area contributed by atoms with Gasteiger partial charge in [0.05, 0.1) is 5.57 Å². The van der Waals surface area contributed by atoms with E-state index in [1.165, 1.54) is 18.2 Å². The van der Waals surface area contributed by atoms with Crippen LogP contribution in [0, 0.1) is 5.21 Å². The van der Waals surface area contributed by atoms with Crippen molar-refractivity contribution in [1.29, 1.82) is 0 Å². The highest BCUT2D eigenvalue weighted by molar-refractivity contribution is 6.41. The van der Waals surface area contributed by atoms with Gasteiger partial charge in [-0.3, -0.25) is 9.59 Å². The molecular weight excluding hydrogens is 270 g/mol. The molecule has 2 aromatic rings. The van der Waals surface area contributed by atoms with Gasteiger partial charge in [-0.05, 0) is 11.6 Å². The molecule has 0 radical (unpaired) electrons. The Kier molecular flexibility index (Phi) is 3.23. The Balaban J connectivity index is 2.04. The molecule has 21 heavy (non-hydrogen) atoms. The summed E-state index contributed by atoms with van der Waals surface area (Å²) in [6.45, 7) is 0. The van der Waals surface area contributed by atoms with Crippen molar-refractivity contribution in [3.05, 3.63) is 76.0 Å². The van der Waals surface area contributed by atoms with Gasteiger partial charge in [-0.15, -0.1) is 0 Å². The molecule has 1 aliphatic carbocycles. The lowest BCUT2D eigenvalue weighted by Gasteiger charge is -2.11. The van der Waals surface area contributed by atoms with Crippen LogP contribution in [-0.4, -0.2) is 16.8 Å². The summed E-state index contributed by atoms with van der Waals surface area (Å²) >= 11 is 0. The van der Waals surface area contributed by atoms with E-state index in [2.05, 4.69) is 0 Å². The third-order valence-corrected chi connectivity index (χ3v) is 3.35. The highest BCUT2D eigenvalue weighted by Crippen LogP contribution is 2.27. The Bertz CT molecular complexity index is 740. The Morgan fingerprint density at radius 3 is 2.14 bits per heavy atom. The second kappa shape index (κ2) is 5.06. The average molecular weight is 281 g/mol. The molecule has 0 bridgehead atoms. The van der Waals surface area contributed by atoms with Crippen molar-refractivity contribution in [3.63, 3.8) is 0 Å². The van der Waals surface area contributed by atoms with E-state index in [4.69, 9.17) is 5.21 Å². The highest BCUT2D eigenvalue weighted by Gasteiger charge is 2.32. The third-order valence-electron chi connectivity index (χ3n) is 3.35. The monoisotopic (exact) mass is 281 g/mol. The molecular formula is C16H11NO4. The molecule has 104 valence electrons. The summed E-state index contributed by atoms with van der Waals surface area (Å²) in [7, 11) is 0. The van der Waals surface area contributed by atoms with E-state index in [9.17, 15) is 14.8 Å². The molecule has 1 aliphatic rings. The minimum atomic E-state index is -1.05. The van der Waals surface area contributed by atoms with Crippen LogP contribution in [0.4, 0.5) is 5.69 Å². The number of quaternary nitrogens is 1. The normalized spacial score (nSPS) is 15.0. The van der Waals surface area contributed by atoms with Crippen LogP contribution < -0.4 is 5.23 Å². The van der Waals surface area contributed by atoms with Crippen LogP contribution in [0.2, 0.25) is 0 Å². The molecule has 2 aromatic carbocycles. The molecule has 3 rings (SSSR count). The van der Waals surface area contributed by atoms with E-state index in [-0.39, 0.29) is 22.8 Å². The number of allylic oxidation sites excluding steroid dienone is 1. The standard InChI is InChI=1S/C16H11NO4/c18-15-12-6-1-2-7-13(12)16(19)14(15)9-10-4-3-5-11(8-10)17(20)21/h1-9,17,20H. The second-order valence-electron chi connectivity index (χ2n) is 4.69. The molecule has 1 atom stereocenters. The average Bonchev–Trinajstić information content (AvgIpc) is 2.73. The smallest absolute Gasteiger partial charge is 0.197 e. The Morgan fingerprint density at radius 2 is 1.57 bits per heavy atom. The molecule has 0 fully saturated rings. The summed E-state index contributed by atoms with van der Waals surface area (Å²) < 4.78 is 0. The number of Topliss-reactive ketones (excluding diaryl/α,β-unsaturated/α-hetero) is 2. The van der Waals surface area contributed by atoms with Crippen LogP contribution in [0.15, 0.2) is 54.1 Å². The Hall–Kier alpha value is -2.60. The van der Waals surface area contributed by atoms with Gasteiger partial charge in [0, 0.05) is 23.3 Å². The second-order valence-corrected chi connectivity index (χ2v) is 4.69. The molecule has 5 nitrogen and oxygen atoms in total. The van der Waals surface area contributed by atoms with Crippen LogP contribution in [0.1, 0.15) is 26.3 Å². The summed E-state index contributed by atoms with van der Waals surface area (Å²) in [6.07, 6.45) is 1.44. The lowest BCUT2D eigenvalue weighted by atomic mass is 10.1. The number of rotatable bonds is 2. The lowest BCUT2D eigenvalue weighted by Crippen LogP contribution is -2.99. The van der Waals surface area contributed by atoms with Crippen LogP contribution in [0.3, 0.4) is 0 Å². The first kappa shape index (κ1) is 13.4. The fraction of sp³-hybridized carbons (Fsp3) is 0. The fourth-order valence-electron chi connectivity index (χ4n) is 2.33. The number of hydrogen-bond donors (Lipinski definition) is 2.